The molecule has 0 aromatic heterocycles. The van der Waals surface area contributed by atoms with Crippen LogP contribution in [0.2, 0.25) is 0 Å². The lowest BCUT2D eigenvalue weighted by Crippen LogP contribution is -2.16. The van der Waals surface area contributed by atoms with Crippen molar-refractivity contribution in [3.63, 3.8) is 0 Å². The van der Waals surface area contributed by atoms with Gasteiger partial charge in [-0.1, -0.05) is 82.3 Å². The Balaban J connectivity index is 2.07. The van der Waals surface area contributed by atoms with Crippen LogP contribution >= 0.6 is 0 Å². The molecule has 3 aromatic rings. The molecular formula is C22H22. The average Bonchev–Trinajstić information content (AvgIpc) is 2.75. The van der Waals surface area contributed by atoms with Crippen molar-refractivity contribution >= 4 is 10.8 Å². The van der Waals surface area contributed by atoms with E-state index in [-0.39, 0.29) is 5.41 Å². The number of benzene rings is 3. The zero-order valence-electron chi connectivity index (χ0n) is 13.8. The van der Waals surface area contributed by atoms with Gasteiger partial charge in [-0.3, -0.25) is 0 Å². The van der Waals surface area contributed by atoms with Crippen molar-refractivity contribution in [1.29, 1.82) is 0 Å². The molecule has 0 amide bonds. The smallest absolute Gasteiger partial charge is 0.0165 e. The lowest BCUT2D eigenvalue weighted by Gasteiger charge is -2.24. The molecule has 1 aliphatic carbocycles. The first kappa shape index (κ1) is 13.6. The van der Waals surface area contributed by atoms with E-state index >= 15 is 0 Å². The fourth-order valence-electron chi connectivity index (χ4n) is 3.98. The maximum Gasteiger partial charge on any atom is 0.0165 e. The van der Waals surface area contributed by atoms with Gasteiger partial charge in [0.1, 0.15) is 0 Å². The number of hydrogen-bond donors (Lipinski definition) is 0. The molecule has 0 spiro atoms. The van der Waals surface area contributed by atoms with Gasteiger partial charge in [0, 0.05) is 5.41 Å². The fourth-order valence-corrected chi connectivity index (χ4v) is 3.98. The lowest BCUT2D eigenvalue weighted by molar-refractivity contribution is 0.663. The monoisotopic (exact) mass is 286 g/mol. The van der Waals surface area contributed by atoms with Gasteiger partial charge in [0.05, 0.1) is 0 Å². The van der Waals surface area contributed by atoms with Crippen molar-refractivity contribution in [2.45, 2.75) is 39.0 Å². The van der Waals surface area contributed by atoms with E-state index < -0.39 is 0 Å². The second kappa shape index (κ2) is 4.46. The molecule has 0 saturated heterocycles. The van der Waals surface area contributed by atoms with Crippen LogP contribution in [0.3, 0.4) is 0 Å². The van der Waals surface area contributed by atoms with Crippen LogP contribution in [-0.4, -0.2) is 0 Å². The largest absolute Gasteiger partial charge is 0.0616 e. The Morgan fingerprint density at radius 3 is 2.32 bits per heavy atom. The molecule has 0 nitrogen and oxygen atoms in total. The predicted octanol–water partition coefficient (Wildman–Crippen LogP) is 6.27. The van der Waals surface area contributed by atoms with Crippen LogP contribution in [0.4, 0.5) is 0 Å². The Kier molecular flexibility index (Phi) is 2.75. The van der Waals surface area contributed by atoms with Gasteiger partial charge in [0.15, 0.2) is 0 Å². The highest BCUT2D eigenvalue weighted by Gasteiger charge is 2.36. The Morgan fingerprint density at radius 1 is 0.818 bits per heavy atom. The van der Waals surface area contributed by atoms with Gasteiger partial charge in [-0.2, -0.15) is 0 Å². The topological polar surface area (TPSA) is 0 Å². The molecule has 0 fully saturated rings. The molecule has 0 heterocycles. The summed E-state index contributed by atoms with van der Waals surface area (Å²) >= 11 is 0. The van der Waals surface area contributed by atoms with E-state index in [0.29, 0.717) is 5.92 Å². The normalized spacial score (nSPS) is 15.1. The molecule has 0 aliphatic heterocycles. The Hall–Kier alpha value is -2.08. The van der Waals surface area contributed by atoms with Crippen LogP contribution in [0, 0.1) is 0 Å². The molecule has 22 heavy (non-hydrogen) atoms. The summed E-state index contributed by atoms with van der Waals surface area (Å²) < 4.78 is 0. The van der Waals surface area contributed by atoms with E-state index in [2.05, 4.69) is 82.3 Å². The van der Waals surface area contributed by atoms with Crippen LogP contribution in [0.1, 0.15) is 50.3 Å². The molecule has 0 atom stereocenters. The first-order valence-electron chi connectivity index (χ1n) is 8.17. The van der Waals surface area contributed by atoms with E-state index in [1.807, 2.05) is 0 Å². The van der Waals surface area contributed by atoms with Gasteiger partial charge in [0.2, 0.25) is 0 Å². The number of hydrogen-bond acceptors (Lipinski definition) is 0. The quantitative estimate of drug-likeness (QED) is 0.494. The molecule has 4 rings (SSSR count). The van der Waals surface area contributed by atoms with E-state index in [1.165, 1.54) is 38.6 Å². The average molecular weight is 286 g/mol. The Morgan fingerprint density at radius 2 is 1.55 bits per heavy atom. The maximum absolute atomic E-state index is 2.43. The summed E-state index contributed by atoms with van der Waals surface area (Å²) in [6.45, 7) is 9.28. The van der Waals surface area contributed by atoms with Gasteiger partial charge in [-0.25, -0.2) is 0 Å². The van der Waals surface area contributed by atoms with Crippen LogP contribution in [-0.2, 0) is 5.41 Å². The molecule has 1 aliphatic rings. The molecule has 0 heteroatoms. The van der Waals surface area contributed by atoms with Gasteiger partial charge in [-0.15, -0.1) is 0 Å². The Bertz CT molecular complexity index is 882. The van der Waals surface area contributed by atoms with Crippen molar-refractivity contribution in [2.24, 2.45) is 0 Å². The molecule has 0 saturated carbocycles. The third-order valence-corrected chi connectivity index (χ3v) is 5.23. The Labute approximate surface area is 132 Å². The van der Waals surface area contributed by atoms with Crippen LogP contribution in [0.15, 0.2) is 54.6 Å². The van der Waals surface area contributed by atoms with Crippen LogP contribution < -0.4 is 0 Å². The summed E-state index contributed by atoms with van der Waals surface area (Å²) in [5.41, 5.74) is 7.29. The summed E-state index contributed by atoms with van der Waals surface area (Å²) in [5.74, 6) is 0.571. The van der Waals surface area contributed by atoms with Gasteiger partial charge in [-0.05, 0) is 44.5 Å². The number of fused-ring (bicyclic) bond motifs is 5. The van der Waals surface area contributed by atoms with Crippen LogP contribution in [0.5, 0.6) is 0 Å². The van der Waals surface area contributed by atoms with E-state index in [0.717, 1.165) is 0 Å². The van der Waals surface area contributed by atoms with Gasteiger partial charge < -0.3 is 0 Å². The maximum atomic E-state index is 2.43. The molecule has 110 valence electrons. The minimum Gasteiger partial charge on any atom is -0.0616 e. The summed E-state index contributed by atoms with van der Waals surface area (Å²) in [6.07, 6.45) is 0. The van der Waals surface area contributed by atoms with Crippen molar-refractivity contribution in [3.8, 4) is 11.1 Å². The van der Waals surface area contributed by atoms with Crippen molar-refractivity contribution in [3.05, 3.63) is 71.3 Å². The lowest BCUT2D eigenvalue weighted by atomic mass is 9.79. The minimum absolute atomic E-state index is 0.0659. The summed E-state index contributed by atoms with van der Waals surface area (Å²) in [6, 6.07) is 20.4. The first-order valence-corrected chi connectivity index (χ1v) is 8.17. The van der Waals surface area contributed by atoms with Crippen LogP contribution in [0.25, 0.3) is 21.9 Å². The third-order valence-electron chi connectivity index (χ3n) is 5.23. The molecule has 0 bridgehead atoms. The minimum atomic E-state index is 0.0659. The van der Waals surface area contributed by atoms with Crippen molar-refractivity contribution in [2.75, 3.05) is 0 Å². The van der Waals surface area contributed by atoms with Gasteiger partial charge in [0.25, 0.3) is 0 Å². The molecular weight excluding hydrogens is 264 g/mol. The van der Waals surface area contributed by atoms with E-state index in [1.54, 1.807) is 0 Å². The molecule has 0 radical (unpaired) electrons. The van der Waals surface area contributed by atoms with E-state index in [9.17, 15) is 0 Å². The summed E-state index contributed by atoms with van der Waals surface area (Å²) in [7, 11) is 0. The zero-order valence-corrected chi connectivity index (χ0v) is 13.8. The fraction of sp³-hybridized carbons (Fsp3) is 0.273. The number of rotatable bonds is 1. The second-order valence-corrected chi connectivity index (χ2v) is 7.29. The van der Waals surface area contributed by atoms with Crippen molar-refractivity contribution in [1.82, 2.24) is 0 Å². The summed E-state index contributed by atoms with van der Waals surface area (Å²) in [4.78, 5) is 0. The van der Waals surface area contributed by atoms with Crippen molar-refractivity contribution < 1.29 is 0 Å². The highest BCUT2D eigenvalue weighted by molar-refractivity contribution is 5.97. The highest BCUT2D eigenvalue weighted by Crippen LogP contribution is 2.51. The SMILES string of the molecule is CC(C)c1ccc2c(c1)C(C)(C)c1c-2ccc2ccccc12. The first-order chi connectivity index (χ1) is 10.5. The van der Waals surface area contributed by atoms with Gasteiger partial charge >= 0.3 is 0 Å². The second-order valence-electron chi connectivity index (χ2n) is 7.29. The highest BCUT2D eigenvalue weighted by atomic mass is 14.4. The standard InChI is InChI=1S/C22H22/c1-14(2)16-10-11-18-19-12-9-15-7-5-6-8-17(15)21(19)22(3,4)20(18)13-16/h5-14H,1-4H3. The van der Waals surface area contributed by atoms with E-state index in [4.69, 9.17) is 0 Å². The molecule has 0 N–H and O–H groups in total. The molecule has 3 aromatic carbocycles. The third kappa shape index (κ3) is 1.70. The zero-order chi connectivity index (χ0) is 15.5. The molecule has 0 unspecified atom stereocenters. The summed E-state index contributed by atoms with van der Waals surface area (Å²) in [5, 5.41) is 2.73. The predicted molar refractivity (Wildman–Crippen MR) is 95.6 cm³/mol.